The molecule has 0 radical (unpaired) electrons. The van der Waals surface area contributed by atoms with E-state index in [9.17, 15) is 4.79 Å². The zero-order valence-electron chi connectivity index (χ0n) is 10.0. The summed E-state index contributed by atoms with van der Waals surface area (Å²) in [5.41, 5.74) is -0.114. The van der Waals surface area contributed by atoms with Gasteiger partial charge in [0.25, 0.3) is 0 Å². The molecule has 15 heavy (non-hydrogen) atoms. The Kier molecular flexibility index (Phi) is 2.30. The standard InChI is InChI=1S/C13H20O2/c1-5-6-9(14)11-12(2,3)8-7-10-13(11,4)15-10/h5-6,10-11H,7-8H2,1-4H3/b6-5+/t10-,11+,13-/m0/s1. The summed E-state index contributed by atoms with van der Waals surface area (Å²) in [7, 11) is 0. The smallest absolute Gasteiger partial charge is 0.161 e. The third-order valence-corrected chi connectivity index (χ3v) is 4.00. The van der Waals surface area contributed by atoms with Crippen LogP contribution in [0.4, 0.5) is 0 Å². The highest BCUT2D eigenvalue weighted by Crippen LogP contribution is 2.58. The number of epoxide rings is 1. The van der Waals surface area contributed by atoms with Crippen LogP contribution >= 0.6 is 0 Å². The van der Waals surface area contributed by atoms with Crippen LogP contribution in [0.15, 0.2) is 12.2 Å². The zero-order valence-corrected chi connectivity index (χ0v) is 10.0. The number of ether oxygens (including phenoxy) is 1. The molecule has 0 amide bonds. The Morgan fingerprint density at radius 3 is 2.67 bits per heavy atom. The molecule has 2 heteroatoms. The van der Waals surface area contributed by atoms with Gasteiger partial charge in [-0.25, -0.2) is 0 Å². The van der Waals surface area contributed by atoms with Gasteiger partial charge in [-0.15, -0.1) is 0 Å². The maximum atomic E-state index is 12.1. The van der Waals surface area contributed by atoms with Gasteiger partial charge in [0.2, 0.25) is 0 Å². The molecule has 2 fully saturated rings. The molecule has 0 bridgehead atoms. The van der Waals surface area contributed by atoms with Crippen molar-refractivity contribution in [2.75, 3.05) is 0 Å². The van der Waals surface area contributed by atoms with E-state index >= 15 is 0 Å². The Bertz CT molecular complexity index is 312. The van der Waals surface area contributed by atoms with Gasteiger partial charge in [-0.3, -0.25) is 4.79 Å². The Labute approximate surface area is 91.7 Å². The van der Waals surface area contributed by atoms with Crippen LogP contribution in [0.25, 0.3) is 0 Å². The average Bonchev–Trinajstić information content (AvgIpc) is 2.74. The van der Waals surface area contributed by atoms with Crippen molar-refractivity contribution in [3.8, 4) is 0 Å². The Morgan fingerprint density at radius 1 is 1.40 bits per heavy atom. The van der Waals surface area contributed by atoms with E-state index in [0.717, 1.165) is 12.8 Å². The summed E-state index contributed by atoms with van der Waals surface area (Å²) >= 11 is 0. The van der Waals surface area contributed by atoms with Gasteiger partial charge in [-0.1, -0.05) is 19.9 Å². The van der Waals surface area contributed by atoms with Crippen LogP contribution in [0, 0.1) is 11.3 Å². The number of carbonyl (C=O) groups excluding carboxylic acids is 1. The lowest BCUT2D eigenvalue weighted by Gasteiger charge is -2.38. The SMILES string of the molecule is C/C=C/C(=O)[C@@H]1C(C)(C)CC[C@@H]2O[C@@]21C. The van der Waals surface area contributed by atoms with Gasteiger partial charge < -0.3 is 4.74 Å². The summed E-state index contributed by atoms with van der Waals surface area (Å²) in [4.78, 5) is 12.1. The van der Waals surface area contributed by atoms with Gasteiger partial charge in [0.05, 0.1) is 12.0 Å². The molecule has 1 saturated heterocycles. The summed E-state index contributed by atoms with van der Waals surface area (Å²) in [6, 6.07) is 0. The van der Waals surface area contributed by atoms with Crippen molar-refractivity contribution in [3.63, 3.8) is 0 Å². The van der Waals surface area contributed by atoms with E-state index in [1.165, 1.54) is 0 Å². The monoisotopic (exact) mass is 208 g/mol. The lowest BCUT2D eigenvalue weighted by atomic mass is 9.62. The zero-order chi connectivity index (χ0) is 11.3. The molecule has 1 heterocycles. The third-order valence-electron chi connectivity index (χ3n) is 4.00. The Balaban J connectivity index is 2.28. The van der Waals surface area contributed by atoms with E-state index in [0.29, 0.717) is 6.10 Å². The van der Waals surface area contributed by atoms with Gasteiger partial charge in [-0.2, -0.15) is 0 Å². The summed E-state index contributed by atoms with van der Waals surface area (Å²) in [5, 5.41) is 0. The second-order valence-electron chi connectivity index (χ2n) is 5.65. The largest absolute Gasteiger partial charge is 0.366 e. The Morgan fingerprint density at radius 2 is 2.07 bits per heavy atom. The first-order chi connectivity index (χ1) is 6.92. The normalized spacial score (nSPS) is 42.7. The minimum Gasteiger partial charge on any atom is -0.366 e. The molecule has 0 aromatic rings. The van der Waals surface area contributed by atoms with E-state index in [-0.39, 0.29) is 22.7 Å². The average molecular weight is 208 g/mol. The number of hydrogen-bond donors (Lipinski definition) is 0. The number of rotatable bonds is 2. The topological polar surface area (TPSA) is 29.6 Å². The number of fused-ring (bicyclic) bond motifs is 1. The number of carbonyl (C=O) groups is 1. The molecular formula is C13H20O2. The van der Waals surface area contributed by atoms with E-state index in [4.69, 9.17) is 4.74 Å². The molecule has 0 spiro atoms. The third kappa shape index (κ3) is 1.55. The first-order valence-electron chi connectivity index (χ1n) is 5.76. The van der Waals surface area contributed by atoms with Crippen molar-refractivity contribution in [3.05, 3.63) is 12.2 Å². The van der Waals surface area contributed by atoms with Crippen molar-refractivity contribution in [2.45, 2.75) is 52.2 Å². The summed E-state index contributed by atoms with van der Waals surface area (Å²) in [6.07, 6.45) is 6.03. The molecule has 2 aliphatic rings. The number of hydrogen-bond acceptors (Lipinski definition) is 2. The van der Waals surface area contributed by atoms with Crippen LogP contribution in [0.3, 0.4) is 0 Å². The molecule has 0 aromatic heterocycles. The fourth-order valence-corrected chi connectivity index (χ4v) is 3.22. The minimum absolute atomic E-state index is 0.0277. The molecule has 1 aliphatic heterocycles. The number of ketones is 1. The van der Waals surface area contributed by atoms with Crippen LogP contribution in [0.2, 0.25) is 0 Å². The van der Waals surface area contributed by atoms with Crippen molar-refractivity contribution >= 4 is 5.78 Å². The predicted octanol–water partition coefficient (Wildman–Crippen LogP) is 2.73. The molecule has 0 N–H and O–H groups in total. The summed E-state index contributed by atoms with van der Waals surface area (Å²) in [5.74, 6) is 0.257. The molecule has 2 rings (SSSR count). The predicted molar refractivity (Wildman–Crippen MR) is 59.6 cm³/mol. The molecule has 1 saturated carbocycles. The number of allylic oxidation sites excluding steroid dienone is 2. The first-order valence-corrected chi connectivity index (χ1v) is 5.76. The highest BCUT2D eigenvalue weighted by molar-refractivity contribution is 5.93. The summed E-state index contributed by atoms with van der Waals surface area (Å²) < 4.78 is 5.73. The van der Waals surface area contributed by atoms with Gasteiger partial charge in [0, 0.05) is 0 Å². The molecule has 1 aliphatic carbocycles. The van der Waals surface area contributed by atoms with Gasteiger partial charge in [0.15, 0.2) is 5.78 Å². The highest BCUT2D eigenvalue weighted by atomic mass is 16.6. The molecule has 84 valence electrons. The van der Waals surface area contributed by atoms with E-state index < -0.39 is 0 Å². The summed E-state index contributed by atoms with van der Waals surface area (Å²) in [6.45, 7) is 8.34. The van der Waals surface area contributed by atoms with Crippen LogP contribution in [-0.4, -0.2) is 17.5 Å². The molecule has 0 aromatic carbocycles. The minimum atomic E-state index is -0.182. The van der Waals surface area contributed by atoms with Crippen molar-refractivity contribution in [1.29, 1.82) is 0 Å². The van der Waals surface area contributed by atoms with Crippen molar-refractivity contribution < 1.29 is 9.53 Å². The molecular weight excluding hydrogens is 188 g/mol. The lowest BCUT2D eigenvalue weighted by Crippen LogP contribution is -2.44. The van der Waals surface area contributed by atoms with Crippen LogP contribution in [0.1, 0.15) is 40.5 Å². The highest BCUT2D eigenvalue weighted by Gasteiger charge is 2.65. The molecule has 0 unspecified atom stereocenters. The quantitative estimate of drug-likeness (QED) is 0.516. The molecule has 2 nitrogen and oxygen atoms in total. The van der Waals surface area contributed by atoms with Crippen molar-refractivity contribution in [2.24, 2.45) is 11.3 Å². The first kappa shape index (κ1) is 10.9. The van der Waals surface area contributed by atoms with Gasteiger partial charge >= 0.3 is 0 Å². The second kappa shape index (κ2) is 3.18. The van der Waals surface area contributed by atoms with Crippen LogP contribution in [0.5, 0.6) is 0 Å². The lowest BCUT2D eigenvalue weighted by molar-refractivity contribution is -0.125. The Hall–Kier alpha value is -0.630. The van der Waals surface area contributed by atoms with E-state index in [2.05, 4.69) is 20.8 Å². The van der Waals surface area contributed by atoms with E-state index in [1.807, 2.05) is 13.0 Å². The second-order valence-corrected chi connectivity index (χ2v) is 5.65. The van der Waals surface area contributed by atoms with Gasteiger partial charge in [-0.05, 0) is 38.2 Å². The fourth-order valence-electron chi connectivity index (χ4n) is 3.22. The maximum absolute atomic E-state index is 12.1. The van der Waals surface area contributed by atoms with Crippen LogP contribution < -0.4 is 0 Å². The van der Waals surface area contributed by atoms with Crippen molar-refractivity contribution in [1.82, 2.24) is 0 Å². The van der Waals surface area contributed by atoms with Crippen LogP contribution in [-0.2, 0) is 9.53 Å². The fraction of sp³-hybridized carbons (Fsp3) is 0.769. The van der Waals surface area contributed by atoms with Gasteiger partial charge in [0.1, 0.15) is 5.60 Å². The maximum Gasteiger partial charge on any atom is 0.161 e. The van der Waals surface area contributed by atoms with E-state index in [1.54, 1.807) is 6.08 Å². The molecule has 3 atom stereocenters.